The van der Waals surface area contributed by atoms with E-state index >= 15 is 0 Å². The minimum atomic E-state index is -0.678. The summed E-state index contributed by atoms with van der Waals surface area (Å²) in [5, 5.41) is 3.15. The van der Waals surface area contributed by atoms with Gasteiger partial charge in [-0.3, -0.25) is 14.5 Å². The lowest BCUT2D eigenvalue weighted by molar-refractivity contribution is -0.142. The summed E-state index contributed by atoms with van der Waals surface area (Å²) in [5.74, 6) is -0.505. The van der Waals surface area contributed by atoms with Gasteiger partial charge in [-0.2, -0.15) is 0 Å². The van der Waals surface area contributed by atoms with Gasteiger partial charge in [0, 0.05) is 18.7 Å². The Bertz CT molecular complexity index is 756. The molecule has 1 N–H and O–H groups in total. The summed E-state index contributed by atoms with van der Waals surface area (Å²) in [4.78, 5) is 43.7. The van der Waals surface area contributed by atoms with Crippen LogP contribution in [0.3, 0.4) is 0 Å². The van der Waals surface area contributed by atoms with Gasteiger partial charge in [0.25, 0.3) is 0 Å². The fourth-order valence-electron chi connectivity index (χ4n) is 4.99. The van der Waals surface area contributed by atoms with Gasteiger partial charge in [-0.25, -0.2) is 4.79 Å². The Hall–Kier alpha value is -1.89. The average molecular weight is 508 g/mol. The van der Waals surface area contributed by atoms with Gasteiger partial charge >= 0.3 is 5.97 Å². The second kappa shape index (κ2) is 14.7. The van der Waals surface area contributed by atoms with Crippen molar-refractivity contribution in [1.82, 2.24) is 15.1 Å². The molecule has 208 valence electrons. The number of ether oxygens (including phenoxy) is 1. The van der Waals surface area contributed by atoms with Crippen LogP contribution in [-0.2, 0) is 19.1 Å². The maximum atomic E-state index is 13.8. The summed E-state index contributed by atoms with van der Waals surface area (Å²) in [6.45, 7) is 19.1. The highest BCUT2D eigenvalue weighted by molar-refractivity contribution is 5.91. The number of nitrogens with one attached hydrogen (secondary N) is 1. The second-order valence-corrected chi connectivity index (χ2v) is 11.8. The number of rotatable bonds is 12. The Morgan fingerprint density at radius 3 is 2.31 bits per heavy atom. The van der Waals surface area contributed by atoms with E-state index in [-0.39, 0.29) is 35.8 Å². The van der Waals surface area contributed by atoms with E-state index in [0.717, 1.165) is 45.1 Å². The van der Waals surface area contributed by atoms with Crippen LogP contribution in [0.2, 0.25) is 0 Å². The Kier molecular flexibility index (Phi) is 13.2. The van der Waals surface area contributed by atoms with Gasteiger partial charge in [0.05, 0.1) is 18.7 Å². The number of hydrogen-bond acceptors (Lipinski definition) is 5. The maximum Gasteiger partial charge on any atom is 0.333 e. The molecule has 1 saturated heterocycles. The molecular weight excluding hydrogens is 454 g/mol. The van der Waals surface area contributed by atoms with Crippen LogP contribution in [0.1, 0.15) is 101 Å². The first-order chi connectivity index (χ1) is 16.8. The Balaban J connectivity index is 3.15. The monoisotopic (exact) mass is 507 g/mol. The molecular formula is C29H53N3O4. The highest BCUT2D eigenvalue weighted by atomic mass is 16.5. The summed E-state index contributed by atoms with van der Waals surface area (Å²) in [7, 11) is 1.76. The standard InChI is InChI=1S/C29H53N3O4/c1-11-13-16-22(6)32-18-15-14-17-23(32)26(33)30-25(29(7,8)9)27(34)31(10)24(20(3)4)19-21(5)28(35)36-12-2/h19-20,22-25H,11-18H2,1-10H3,(H,30,33)/t22?,23?,24-,25-/m1/s1. The summed E-state index contributed by atoms with van der Waals surface area (Å²) in [6.07, 6.45) is 8.12. The number of unbranched alkanes of at least 4 members (excludes halogenated alkanes) is 1. The van der Waals surface area contributed by atoms with Gasteiger partial charge < -0.3 is 15.0 Å². The lowest BCUT2D eigenvalue weighted by atomic mass is 9.84. The molecule has 0 aromatic heterocycles. The van der Waals surface area contributed by atoms with Crippen LogP contribution in [0.4, 0.5) is 0 Å². The third kappa shape index (κ3) is 9.20. The van der Waals surface area contributed by atoms with E-state index < -0.39 is 11.5 Å². The number of carbonyl (C=O) groups is 3. The van der Waals surface area contributed by atoms with Crippen LogP contribution < -0.4 is 5.32 Å². The number of likely N-dealkylation sites (N-methyl/N-ethyl adjacent to an activating group) is 1. The van der Waals surface area contributed by atoms with Gasteiger partial charge in [-0.1, -0.05) is 66.9 Å². The fraction of sp³-hybridized carbons (Fsp3) is 0.828. The van der Waals surface area contributed by atoms with E-state index in [1.54, 1.807) is 31.9 Å². The number of piperidine rings is 1. The maximum absolute atomic E-state index is 13.8. The minimum absolute atomic E-state index is 0.0564. The van der Waals surface area contributed by atoms with Crippen LogP contribution in [-0.4, -0.2) is 72.0 Å². The van der Waals surface area contributed by atoms with Gasteiger partial charge in [-0.05, 0) is 57.9 Å². The topological polar surface area (TPSA) is 79.0 Å². The lowest BCUT2D eigenvalue weighted by Gasteiger charge is -2.41. The smallest absolute Gasteiger partial charge is 0.333 e. The molecule has 1 heterocycles. The number of hydrogen-bond donors (Lipinski definition) is 1. The first kappa shape index (κ1) is 32.1. The highest BCUT2D eigenvalue weighted by Gasteiger charge is 2.40. The van der Waals surface area contributed by atoms with Crippen LogP contribution in [0.5, 0.6) is 0 Å². The molecule has 1 rings (SSSR count). The van der Waals surface area contributed by atoms with Crippen LogP contribution in [0.25, 0.3) is 0 Å². The number of likely N-dealkylation sites (tertiary alicyclic amines) is 1. The van der Waals surface area contributed by atoms with E-state index in [2.05, 4.69) is 24.1 Å². The zero-order chi connectivity index (χ0) is 27.6. The largest absolute Gasteiger partial charge is 0.463 e. The molecule has 7 heteroatoms. The summed E-state index contributed by atoms with van der Waals surface area (Å²) in [5.41, 5.74) is 0.000844. The molecule has 0 bridgehead atoms. The van der Waals surface area contributed by atoms with Crippen LogP contribution in [0.15, 0.2) is 11.6 Å². The quantitative estimate of drug-likeness (QED) is 0.299. The van der Waals surface area contributed by atoms with E-state index in [1.807, 2.05) is 34.6 Å². The SMILES string of the molecule is CCCCC(C)N1CCCCC1C(=O)N[C@H](C(=O)N(C)[C@H](C=C(C)C(=O)OCC)C(C)C)C(C)(C)C. The van der Waals surface area contributed by atoms with Gasteiger partial charge in [0.1, 0.15) is 6.04 Å². The Morgan fingerprint density at radius 2 is 1.78 bits per heavy atom. The van der Waals surface area contributed by atoms with Crippen LogP contribution in [0, 0.1) is 11.3 Å². The van der Waals surface area contributed by atoms with Crippen molar-refractivity contribution in [2.75, 3.05) is 20.2 Å². The predicted octanol–water partition coefficient (Wildman–Crippen LogP) is 4.94. The average Bonchev–Trinajstić information content (AvgIpc) is 2.82. The van der Waals surface area contributed by atoms with E-state index in [1.165, 1.54) is 0 Å². The van der Waals surface area contributed by atoms with Gasteiger partial charge in [0.2, 0.25) is 11.8 Å². The van der Waals surface area contributed by atoms with E-state index in [4.69, 9.17) is 4.74 Å². The number of esters is 1. The lowest BCUT2D eigenvalue weighted by Crippen LogP contribution is -2.60. The zero-order valence-electron chi connectivity index (χ0n) is 24.6. The molecule has 0 aromatic carbocycles. The second-order valence-electron chi connectivity index (χ2n) is 11.8. The molecule has 1 aliphatic rings. The molecule has 1 fully saturated rings. The van der Waals surface area contributed by atoms with Crippen molar-refractivity contribution >= 4 is 17.8 Å². The van der Waals surface area contributed by atoms with Gasteiger partial charge in [0.15, 0.2) is 0 Å². The van der Waals surface area contributed by atoms with Crippen molar-refractivity contribution in [3.63, 3.8) is 0 Å². The van der Waals surface area contributed by atoms with Crippen LogP contribution >= 0.6 is 0 Å². The molecule has 0 radical (unpaired) electrons. The summed E-state index contributed by atoms with van der Waals surface area (Å²) < 4.78 is 5.13. The number of carbonyl (C=O) groups excluding carboxylic acids is 3. The number of amides is 2. The minimum Gasteiger partial charge on any atom is -0.463 e. The molecule has 2 amide bonds. The summed E-state index contributed by atoms with van der Waals surface area (Å²) in [6, 6.07) is -0.847. The first-order valence-electron chi connectivity index (χ1n) is 13.9. The Labute approximate surface area is 220 Å². The molecule has 0 saturated carbocycles. The van der Waals surface area contributed by atoms with Crippen molar-refractivity contribution in [2.24, 2.45) is 11.3 Å². The van der Waals surface area contributed by atoms with E-state index in [9.17, 15) is 14.4 Å². The molecule has 7 nitrogen and oxygen atoms in total. The predicted molar refractivity (Wildman–Crippen MR) is 147 cm³/mol. The van der Waals surface area contributed by atoms with E-state index in [0.29, 0.717) is 18.2 Å². The van der Waals surface area contributed by atoms with Crippen molar-refractivity contribution in [3.05, 3.63) is 11.6 Å². The summed E-state index contributed by atoms with van der Waals surface area (Å²) >= 11 is 0. The molecule has 0 aromatic rings. The highest BCUT2D eigenvalue weighted by Crippen LogP contribution is 2.26. The van der Waals surface area contributed by atoms with Crippen molar-refractivity contribution in [2.45, 2.75) is 125 Å². The zero-order valence-corrected chi connectivity index (χ0v) is 24.6. The fourth-order valence-corrected chi connectivity index (χ4v) is 4.99. The normalized spacial score (nSPS) is 20.0. The Morgan fingerprint density at radius 1 is 1.14 bits per heavy atom. The molecule has 4 atom stereocenters. The first-order valence-corrected chi connectivity index (χ1v) is 13.9. The molecule has 0 spiro atoms. The van der Waals surface area contributed by atoms with Crippen molar-refractivity contribution in [1.29, 1.82) is 0 Å². The number of nitrogens with zero attached hydrogens (tertiary/aromatic N) is 2. The molecule has 0 aliphatic carbocycles. The third-order valence-electron chi connectivity index (χ3n) is 7.28. The molecule has 2 unspecified atom stereocenters. The molecule has 1 aliphatic heterocycles. The van der Waals surface area contributed by atoms with Gasteiger partial charge in [-0.15, -0.1) is 0 Å². The third-order valence-corrected chi connectivity index (χ3v) is 7.28. The molecule has 36 heavy (non-hydrogen) atoms. The van der Waals surface area contributed by atoms with Crippen molar-refractivity contribution in [3.8, 4) is 0 Å². The van der Waals surface area contributed by atoms with Crippen molar-refractivity contribution < 1.29 is 19.1 Å².